The molecule has 0 spiro atoms. The Bertz CT molecular complexity index is 1440. The van der Waals surface area contributed by atoms with Crippen molar-refractivity contribution >= 4 is 45.3 Å². The third kappa shape index (κ3) is 3.43. The van der Waals surface area contributed by atoms with E-state index in [-0.39, 0.29) is 0 Å². The molecule has 0 atom stereocenters. The number of H-pyrrole nitrogens is 1. The molecule has 8 heteroatoms. The van der Waals surface area contributed by atoms with Crippen LogP contribution in [-0.2, 0) is 0 Å². The van der Waals surface area contributed by atoms with E-state index in [9.17, 15) is 0 Å². The van der Waals surface area contributed by atoms with Crippen molar-refractivity contribution in [3.05, 3.63) is 58.7 Å². The monoisotopic (exact) mass is 450 g/mol. The van der Waals surface area contributed by atoms with E-state index >= 15 is 0 Å². The lowest BCUT2D eigenvalue weighted by Crippen LogP contribution is -1.92. The number of aromatic nitrogens is 4. The maximum atomic E-state index is 6.18. The van der Waals surface area contributed by atoms with E-state index in [1.54, 1.807) is 18.9 Å². The first-order valence-corrected chi connectivity index (χ1v) is 10.9. The van der Waals surface area contributed by atoms with Crippen LogP contribution in [0.25, 0.3) is 33.1 Å². The largest absolute Gasteiger partial charge is 0.496 e. The van der Waals surface area contributed by atoms with Crippen LogP contribution < -0.4 is 4.74 Å². The standard InChI is InChI=1S/C23H19ClN4O2S/c1-11-20(12(2)30-28-11)17-9-18-16(10-19(17)29-4)21-22(27-18)25-13(3)26-23(21)31-15-7-5-6-14(24)8-15/h5-10H,1-4H3,(H,25,26,27). The van der Waals surface area contributed by atoms with Crippen LogP contribution in [0.3, 0.4) is 0 Å². The predicted molar refractivity (Wildman–Crippen MR) is 123 cm³/mol. The highest BCUT2D eigenvalue weighted by molar-refractivity contribution is 7.99. The number of aryl methyl sites for hydroxylation is 3. The summed E-state index contributed by atoms with van der Waals surface area (Å²) in [5.41, 5.74) is 4.41. The Labute approximate surface area is 188 Å². The van der Waals surface area contributed by atoms with Crippen LogP contribution in [-0.4, -0.2) is 27.2 Å². The van der Waals surface area contributed by atoms with Gasteiger partial charge in [0.05, 0.1) is 23.8 Å². The molecule has 0 amide bonds. The number of methoxy groups -OCH3 is 1. The van der Waals surface area contributed by atoms with E-state index in [0.717, 1.165) is 60.2 Å². The molecule has 31 heavy (non-hydrogen) atoms. The smallest absolute Gasteiger partial charge is 0.143 e. The quantitative estimate of drug-likeness (QED) is 0.315. The maximum Gasteiger partial charge on any atom is 0.143 e. The second-order valence-electron chi connectivity index (χ2n) is 7.28. The Kier molecular flexibility index (Phi) is 4.87. The molecule has 0 bridgehead atoms. The van der Waals surface area contributed by atoms with Crippen LogP contribution in [0.15, 0.2) is 50.8 Å². The minimum absolute atomic E-state index is 0.691. The molecule has 0 aliphatic carbocycles. The van der Waals surface area contributed by atoms with Crippen molar-refractivity contribution in [3.63, 3.8) is 0 Å². The van der Waals surface area contributed by atoms with Crippen molar-refractivity contribution in [3.8, 4) is 16.9 Å². The van der Waals surface area contributed by atoms with E-state index in [0.29, 0.717) is 10.8 Å². The van der Waals surface area contributed by atoms with Crippen molar-refractivity contribution < 1.29 is 9.26 Å². The maximum absolute atomic E-state index is 6.18. The van der Waals surface area contributed by atoms with Crippen LogP contribution in [0, 0.1) is 20.8 Å². The Morgan fingerprint density at radius 1 is 1.10 bits per heavy atom. The Morgan fingerprint density at radius 2 is 1.94 bits per heavy atom. The van der Waals surface area contributed by atoms with Gasteiger partial charge in [0, 0.05) is 26.4 Å². The molecule has 0 aliphatic rings. The van der Waals surface area contributed by atoms with Crippen molar-refractivity contribution in [2.45, 2.75) is 30.7 Å². The number of nitrogens with one attached hydrogen (secondary N) is 1. The van der Waals surface area contributed by atoms with Gasteiger partial charge in [-0.1, -0.05) is 34.6 Å². The molecule has 0 aliphatic heterocycles. The summed E-state index contributed by atoms with van der Waals surface area (Å²) in [6.45, 7) is 5.72. The molecule has 5 rings (SSSR count). The number of aromatic amines is 1. The number of ether oxygens (including phenoxy) is 1. The fourth-order valence-electron chi connectivity index (χ4n) is 3.85. The summed E-state index contributed by atoms with van der Waals surface area (Å²) in [5.74, 6) is 2.18. The van der Waals surface area contributed by atoms with Gasteiger partial charge in [-0.2, -0.15) is 0 Å². The molecule has 1 N–H and O–H groups in total. The number of hydrogen-bond acceptors (Lipinski definition) is 6. The topological polar surface area (TPSA) is 76.8 Å². The highest BCUT2D eigenvalue weighted by Crippen LogP contribution is 2.42. The lowest BCUT2D eigenvalue weighted by atomic mass is 10.0. The number of nitrogens with zero attached hydrogens (tertiary/aromatic N) is 3. The minimum atomic E-state index is 0.691. The van der Waals surface area contributed by atoms with Gasteiger partial charge in [0.15, 0.2) is 0 Å². The Morgan fingerprint density at radius 3 is 2.65 bits per heavy atom. The van der Waals surface area contributed by atoms with Crippen molar-refractivity contribution in [1.82, 2.24) is 20.1 Å². The van der Waals surface area contributed by atoms with Gasteiger partial charge in [0.2, 0.25) is 0 Å². The molecular formula is C23H19ClN4O2S. The zero-order chi connectivity index (χ0) is 21.7. The van der Waals surface area contributed by atoms with Crippen LogP contribution >= 0.6 is 23.4 Å². The van der Waals surface area contributed by atoms with E-state index in [1.165, 1.54) is 0 Å². The molecule has 2 aromatic carbocycles. The number of rotatable bonds is 4. The number of benzene rings is 2. The summed E-state index contributed by atoms with van der Waals surface area (Å²) < 4.78 is 11.1. The first kappa shape index (κ1) is 19.9. The highest BCUT2D eigenvalue weighted by Gasteiger charge is 2.20. The van der Waals surface area contributed by atoms with E-state index < -0.39 is 0 Å². The van der Waals surface area contributed by atoms with Gasteiger partial charge < -0.3 is 14.2 Å². The summed E-state index contributed by atoms with van der Waals surface area (Å²) >= 11 is 7.75. The lowest BCUT2D eigenvalue weighted by molar-refractivity contribution is 0.393. The Balaban J connectivity index is 1.76. The van der Waals surface area contributed by atoms with Gasteiger partial charge in [0.25, 0.3) is 0 Å². The number of hydrogen-bond donors (Lipinski definition) is 1. The molecule has 0 unspecified atom stereocenters. The van der Waals surface area contributed by atoms with Crippen molar-refractivity contribution in [2.75, 3.05) is 7.11 Å². The average molecular weight is 451 g/mol. The third-order valence-corrected chi connectivity index (χ3v) is 6.38. The second kappa shape index (κ2) is 7.59. The molecule has 3 heterocycles. The van der Waals surface area contributed by atoms with Crippen molar-refractivity contribution in [1.29, 1.82) is 0 Å². The summed E-state index contributed by atoms with van der Waals surface area (Å²) in [6, 6.07) is 11.8. The zero-order valence-electron chi connectivity index (χ0n) is 17.4. The SMILES string of the molecule is COc1cc2c(cc1-c1c(C)noc1C)[nH]c1nc(C)nc(Sc3cccc(Cl)c3)c12. The van der Waals surface area contributed by atoms with Crippen molar-refractivity contribution in [2.24, 2.45) is 0 Å². The normalized spacial score (nSPS) is 11.5. The van der Waals surface area contributed by atoms with Gasteiger partial charge in [-0.05, 0) is 51.1 Å². The fraction of sp³-hybridized carbons (Fsp3) is 0.174. The molecule has 156 valence electrons. The summed E-state index contributed by atoms with van der Waals surface area (Å²) in [7, 11) is 1.67. The van der Waals surface area contributed by atoms with Gasteiger partial charge in [-0.15, -0.1) is 0 Å². The van der Waals surface area contributed by atoms with E-state index in [1.807, 2.05) is 51.1 Å². The molecular weight excluding hydrogens is 432 g/mol. The lowest BCUT2D eigenvalue weighted by Gasteiger charge is -2.09. The number of fused-ring (bicyclic) bond motifs is 3. The van der Waals surface area contributed by atoms with Gasteiger partial charge >= 0.3 is 0 Å². The first-order valence-electron chi connectivity index (χ1n) is 9.69. The van der Waals surface area contributed by atoms with Gasteiger partial charge in [0.1, 0.15) is 28.0 Å². The van der Waals surface area contributed by atoms with Gasteiger partial charge in [-0.3, -0.25) is 0 Å². The van der Waals surface area contributed by atoms with Gasteiger partial charge in [-0.25, -0.2) is 9.97 Å². The summed E-state index contributed by atoms with van der Waals surface area (Å²) in [6.07, 6.45) is 0. The molecule has 0 saturated carbocycles. The molecule has 5 aromatic rings. The molecule has 0 saturated heterocycles. The predicted octanol–water partition coefficient (Wildman–Crippen LogP) is 6.50. The van der Waals surface area contributed by atoms with E-state index in [4.69, 9.17) is 25.8 Å². The van der Waals surface area contributed by atoms with Crippen LogP contribution in [0.1, 0.15) is 17.3 Å². The molecule has 0 radical (unpaired) electrons. The summed E-state index contributed by atoms with van der Waals surface area (Å²) in [4.78, 5) is 13.8. The second-order valence-corrected chi connectivity index (χ2v) is 8.78. The van der Waals surface area contributed by atoms with Crippen LogP contribution in [0.4, 0.5) is 0 Å². The first-order chi connectivity index (χ1) is 14.9. The molecule has 3 aromatic heterocycles. The van der Waals surface area contributed by atoms with Crippen LogP contribution in [0.2, 0.25) is 5.02 Å². The minimum Gasteiger partial charge on any atom is -0.496 e. The average Bonchev–Trinajstić information content (AvgIpc) is 3.25. The highest BCUT2D eigenvalue weighted by atomic mass is 35.5. The zero-order valence-corrected chi connectivity index (χ0v) is 19.0. The Hall–Kier alpha value is -3.03. The van der Waals surface area contributed by atoms with Crippen LogP contribution in [0.5, 0.6) is 5.75 Å². The molecule has 0 fully saturated rings. The third-order valence-electron chi connectivity index (χ3n) is 5.16. The summed E-state index contributed by atoms with van der Waals surface area (Å²) in [5, 5.41) is 7.59. The number of halogens is 1. The molecule has 6 nitrogen and oxygen atoms in total. The fourth-order valence-corrected chi connectivity index (χ4v) is 5.14. The van der Waals surface area contributed by atoms with E-state index in [2.05, 4.69) is 21.2 Å².